The highest BCUT2D eigenvalue weighted by molar-refractivity contribution is 9.10. The third-order valence-corrected chi connectivity index (χ3v) is 2.47. The second-order valence-electron chi connectivity index (χ2n) is 1.72. The first-order valence-corrected chi connectivity index (χ1v) is 3.85. The van der Waals surface area contributed by atoms with Gasteiger partial charge in [0.2, 0.25) is 0 Å². The van der Waals surface area contributed by atoms with Crippen molar-refractivity contribution in [1.29, 1.82) is 0 Å². The van der Waals surface area contributed by atoms with Crippen molar-refractivity contribution < 1.29 is 4.92 Å². The molecule has 0 N–H and O–H groups in total. The summed E-state index contributed by atoms with van der Waals surface area (Å²) in [5, 5.41) is 10.6. The first kappa shape index (κ1) is 8.48. The molecule has 0 radical (unpaired) electrons. The molecule has 11 heavy (non-hydrogen) atoms. The molecule has 0 spiro atoms. The lowest BCUT2D eigenvalue weighted by Crippen LogP contribution is -1.90. The van der Waals surface area contributed by atoms with Gasteiger partial charge in [-0.05, 0) is 15.9 Å². The van der Waals surface area contributed by atoms with Crippen LogP contribution in [0.4, 0.5) is 5.69 Å². The summed E-state index contributed by atoms with van der Waals surface area (Å²) < 4.78 is 0.313. The van der Waals surface area contributed by atoms with Gasteiger partial charge in [-0.25, -0.2) is 4.98 Å². The molecule has 6 heteroatoms. The number of halogens is 1. The summed E-state index contributed by atoms with van der Waals surface area (Å²) in [7, 11) is 0. The van der Waals surface area contributed by atoms with Crippen LogP contribution >= 0.6 is 28.6 Å². The molecule has 0 aliphatic carbocycles. The van der Waals surface area contributed by atoms with E-state index in [1.165, 1.54) is 12.3 Å². The number of nitrogens with zero attached hydrogens (tertiary/aromatic N) is 2. The molecule has 0 aliphatic heterocycles. The van der Waals surface area contributed by atoms with Crippen LogP contribution in [-0.4, -0.2) is 9.91 Å². The summed E-state index contributed by atoms with van der Waals surface area (Å²) >= 11 is 6.90. The van der Waals surface area contributed by atoms with Gasteiger partial charge in [0.05, 0.1) is 4.92 Å². The number of hydrogen-bond acceptors (Lipinski definition) is 4. The maximum atomic E-state index is 10.3. The van der Waals surface area contributed by atoms with E-state index in [9.17, 15) is 10.1 Å². The molecule has 0 amide bonds. The second kappa shape index (κ2) is 3.19. The van der Waals surface area contributed by atoms with E-state index in [1.807, 2.05) is 0 Å². The van der Waals surface area contributed by atoms with Gasteiger partial charge in [-0.2, -0.15) is 0 Å². The molecule has 1 heterocycles. The normalized spacial score (nSPS) is 9.64. The maximum absolute atomic E-state index is 10.3. The van der Waals surface area contributed by atoms with Crippen molar-refractivity contribution in [1.82, 2.24) is 4.98 Å². The van der Waals surface area contributed by atoms with Gasteiger partial charge in [-0.15, -0.1) is 12.6 Å². The van der Waals surface area contributed by atoms with Crippen molar-refractivity contribution in [3.8, 4) is 0 Å². The monoisotopic (exact) mass is 234 g/mol. The van der Waals surface area contributed by atoms with E-state index in [4.69, 9.17) is 0 Å². The smallest absolute Gasteiger partial charge is 0.258 e. The predicted molar refractivity (Wildman–Crippen MR) is 45.8 cm³/mol. The van der Waals surface area contributed by atoms with Gasteiger partial charge in [0.25, 0.3) is 5.69 Å². The van der Waals surface area contributed by atoms with Crippen LogP contribution in [0, 0.1) is 10.1 Å². The van der Waals surface area contributed by atoms with Crippen LogP contribution in [0.15, 0.2) is 21.8 Å². The number of pyridine rings is 1. The third kappa shape index (κ3) is 1.69. The minimum absolute atomic E-state index is 0.0231. The summed E-state index contributed by atoms with van der Waals surface area (Å²) in [5.74, 6) is 0. The molecule has 0 bridgehead atoms. The van der Waals surface area contributed by atoms with Crippen molar-refractivity contribution >= 4 is 34.2 Å². The Labute approximate surface area is 76.3 Å². The number of aromatic nitrogens is 1. The Morgan fingerprint density at radius 1 is 1.73 bits per heavy atom. The zero-order valence-corrected chi connectivity index (χ0v) is 7.67. The van der Waals surface area contributed by atoms with Crippen LogP contribution < -0.4 is 0 Å². The summed E-state index contributed by atoms with van der Waals surface area (Å²) in [5.41, 5.74) is -0.0231. The van der Waals surface area contributed by atoms with Crippen molar-refractivity contribution in [2.75, 3.05) is 0 Å². The average molecular weight is 235 g/mol. The van der Waals surface area contributed by atoms with E-state index in [0.717, 1.165) is 0 Å². The minimum atomic E-state index is -0.495. The SMILES string of the molecule is O=[N+]([O-])c1ccnc(S)c1Br. The van der Waals surface area contributed by atoms with E-state index in [1.54, 1.807) is 0 Å². The summed E-state index contributed by atoms with van der Waals surface area (Å²) in [6.45, 7) is 0. The first-order valence-electron chi connectivity index (χ1n) is 2.61. The Bertz CT molecular complexity index is 305. The molecule has 0 unspecified atom stereocenters. The quantitative estimate of drug-likeness (QED) is 0.460. The Kier molecular flexibility index (Phi) is 2.45. The molecule has 4 nitrogen and oxygen atoms in total. The summed E-state index contributed by atoms with van der Waals surface area (Å²) in [6, 6.07) is 1.31. The lowest BCUT2D eigenvalue weighted by atomic mass is 10.4. The molecular weight excluding hydrogens is 232 g/mol. The van der Waals surface area contributed by atoms with Gasteiger partial charge >= 0.3 is 0 Å². The zero-order chi connectivity index (χ0) is 8.43. The van der Waals surface area contributed by atoms with Crippen LogP contribution in [0.2, 0.25) is 0 Å². The van der Waals surface area contributed by atoms with Gasteiger partial charge in [0.1, 0.15) is 9.50 Å². The number of hydrogen-bond donors (Lipinski definition) is 1. The number of nitro groups is 1. The highest BCUT2D eigenvalue weighted by Gasteiger charge is 2.13. The van der Waals surface area contributed by atoms with Gasteiger partial charge in [0.15, 0.2) is 0 Å². The largest absolute Gasteiger partial charge is 0.287 e. The van der Waals surface area contributed by atoms with Crippen LogP contribution in [0.25, 0.3) is 0 Å². The number of rotatable bonds is 1. The highest BCUT2D eigenvalue weighted by atomic mass is 79.9. The van der Waals surface area contributed by atoms with E-state index in [0.29, 0.717) is 9.50 Å². The van der Waals surface area contributed by atoms with Gasteiger partial charge in [0, 0.05) is 12.3 Å². The lowest BCUT2D eigenvalue weighted by Gasteiger charge is -1.95. The molecule has 0 saturated carbocycles. The Morgan fingerprint density at radius 3 is 2.82 bits per heavy atom. The molecule has 0 fully saturated rings. The fraction of sp³-hybridized carbons (Fsp3) is 0. The summed E-state index contributed by atoms with van der Waals surface area (Å²) in [4.78, 5) is 13.5. The molecule has 58 valence electrons. The van der Waals surface area contributed by atoms with Crippen LogP contribution in [0.1, 0.15) is 0 Å². The van der Waals surface area contributed by atoms with Crippen LogP contribution in [0.3, 0.4) is 0 Å². The van der Waals surface area contributed by atoms with Crippen molar-refractivity contribution in [3.63, 3.8) is 0 Å². The lowest BCUT2D eigenvalue weighted by molar-refractivity contribution is -0.386. The maximum Gasteiger partial charge on any atom is 0.287 e. The van der Waals surface area contributed by atoms with Crippen molar-refractivity contribution in [2.24, 2.45) is 0 Å². The molecule has 1 aromatic heterocycles. The van der Waals surface area contributed by atoms with E-state index in [-0.39, 0.29) is 5.69 Å². The fourth-order valence-corrected chi connectivity index (χ4v) is 1.12. The zero-order valence-electron chi connectivity index (χ0n) is 5.19. The van der Waals surface area contributed by atoms with Gasteiger partial charge in [-0.1, -0.05) is 0 Å². The number of thiol groups is 1. The third-order valence-electron chi connectivity index (χ3n) is 1.05. The standard InChI is InChI=1S/C5H3BrN2O2S/c6-4-3(8(9)10)1-2-7-5(4)11/h1-2H,(H,7,11). The van der Waals surface area contributed by atoms with Gasteiger partial charge < -0.3 is 0 Å². The molecule has 1 rings (SSSR count). The van der Waals surface area contributed by atoms with Crippen molar-refractivity contribution in [3.05, 3.63) is 26.9 Å². The van der Waals surface area contributed by atoms with Crippen LogP contribution in [-0.2, 0) is 0 Å². The topological polar surface area (TPSA) is 56.0 Å². The average Bonchev–Trinajstić information content (AvgIpc) is 1.94. The first-order chi connectivity index (χ1) is 5.13. The molecular formula is C5H3BrN2O2S. The van der Waals surface area contributed by atoms with Gasteiger partial charge in [-0.3, -0.25) is 10.1 Å². The van der Waals surface area contributed by atoms with E-state index in [2.05, 4.69) is 33.5 Å². The molecule has 0 atom stereocenters. The molecule has 0 aliphatic rings. The van der Waals surface area contributed by atoms with E-state index < -0.39 is 4.92 Å². The fourth-order valence-electron chi connectivity index (χ4n) is 0.564. The minimum Gasteiger partial charge on any atom is -0.258 e. The molecule has 0 aromatic carbocycles. The van der Waals surface area contributed by atoms with Crippen molar-refractivity contribution in [2.45, 2.75) is 5.03 Å². The Hall–Kier alpha value is -0.620. The Balaban J connectivity index is 3.27. The Morgan fingerprint density at radius 2 is 2.36 bits per heavy atom. The van der Waals surface area contributed by atoms with E-state index >= 15 is 0 Å². The molecule has 0 saturated heterocycles. The predicted octanol–water partition coefficient (Wildman–Crippen LogP) is 2.04. The molecule has 1 aromatic rings. The van der Waals surface area contributed by atoms with Crippen LogP contribution in [0.5, 0.6) is 0 Å². The second-order valence-corrected chi connectivity index (χ2v) is 2.94. The summed E-state index contributed by atoms with van der Waals surface area (Å²) in [6.07, 6.45) is 1.34. The highest BCUT2D eigenvalue weighted by Crippen LogP contribution is 2.28.